The summed E-state index contributed by atoms with van der Waals surface area (Å²) in [4.78, 5) is 4.40. The van der Waals surface area contributed by atoms with Crippen molar-refractivity contribution in [3.8, 4) is 11.5 Å². The minimum absolute atomic E-state index is 0.510. The van der Waals surface area contributed by atoms with Crippen molar-refractivity contribution in [1.82, 2.24) is 4.98 Å². The molecule has 2 aromatic carbocycles. The molecule has 0 radical (unpaired) electrons. The Morgan fingerprint density at radius 3 is 2.89 bits per heavy atom. The van der Waals surface area contributed by atoms with Crippen molar-refractivity contribution in [3.63, 3.8) is 0 Å². The number of hydrogen-bond acceptors (Lipinski definition) is 4. The zero-order valence-corrected chi connectivity index (χ0v) is 10.5. The molecular formula is C14H9ClN2O2. The first kappa shape index (κ1) is 11.7. The van der Waals surface area contributed by atoms with E-state index in [1.54, 1.807) is 30.3 Å². The van der Waals surface area contributed by atoms with Crippen molar-refractivity contribution in [2.75, 3.05) is 0 Å². The van der Waals surface area contributed by atoms with Gasteiger partial charge in [-0.15, -0.1) is 0 Å². The molecule has 0 aliphatic carbocycles. The normalized spacial score (nSPS) is 11.4. The Bertz CT molecular complexity index is 765. The van der Waals surface area contributed by atoms with Crippen LogP contribution >= 0.6 is 11.6 Å². The number of halogens is 1. The highest BCUT2D eigenvalue weighted by Crippen LogP contribution is 2.26. The summed E-state index contributed by atoms with van der Waals surface area (Å²) in [5, 5.41) is 12.1. The van der Waals surface area contributed by atoms with Crippen molar-refractivity contribution in [1.29, 1.82) is 0 Å². The summed E-state index contributed by atoms with van der Waals surface area (Å²) in [7, 11) is 0. The lowest BCUT2D eigenvalue weighted by Gasteiger charge is -1.94. The van der Waals surface area contributed by atoms with E-state index < -0.39 is 0 Å². The number of rotatable bonds is 2. The van der Waals surface area contributed by atoms with Gasteiger partial charge in [0.25, 0.3) is 0 Å². The molecule has 0 bridgehead atoms. The first-order valence-electron chi connectivity index (χ1n) is 5.60. The third kappa shape index (κ3) is 2.30. The number of oxazole rings is 1. The van der Waals surface area contributed by atoms with E-state index in [0.717, 1.165) is 11.1 Å². The number of benzene rings is 2. The van der Waals surface area contributed by atoms with Crippen LogP contribution in [0.1, 0.15) is 5.56 Å². The van der Waals surface area contributed by atoms with E-state index in [0.29, 0.717) is 22.0 Å². The molecule has 0 saturated heterocycles. The quantitative estimate of drug-likeness (QED) is 0.436. The molecule has 0 atom stereocenters. The highest BCUT2D eigenvalue weighted by Gasteiger charge is 2.08. The molecule has 1 aromatic heterocycles. The van der Waals surface area contributed by atoms with E-state index >= 15 is 0 Å². The summed E-state index contributed by atoms with van der Waals surface area (Å²) in [6, 6.07) is 12.7. The summed E-state index contributed by atoms with van der Waals surface area (Å²) in [5.74, 6) is 0.510. The van der Waals surface area contributed by atoms with Gasteiger partial charge in [-0.1, -0.05) is 22.8 Å². The van der Waals surface area contributed by atoms with Gasteiger partial charge < -0.3 is 9.62 Å². The van der Waals surface area contributed by atoms with Crippen LogP contribution in [0.15, 0.2) is 52.0 Å². The Hall–Kier alpha value is -2.33. The molecule has 94 valence electrons. The second-order valence-corrected chi connectivity index (χ2v) is 4.44. The van der Waals surface area contributed by atoms with Gasteiger partial charge in [-0.25, -0.2) is 4.98 Å². The zero-order chi connectivity index (χ0) is 13.2. The average molecular weight is 273 g/mol. The highest BCUT2D eigenvalue weighted by molar-refractivity contribution is 6.30. The topological polar surface area (TPSA) is 58.6 Å². The lowest BCUT2D eigenvalue weighted by atomic mass is 10.2. The van der Waals surface area contributed by atoms with Gasteiger partial charge in [0.05, 0.1) is 6.21 Å². The fourth-order valence-electron chi connectivity index (χ4n) is 1.84. The van der Waals surface area contributed by atoms with Crippen LogP contribution in [0.4, 0.5) is 0 Å². The number of fused-ring (bicyclic) bond motifs is 1. The van der Waals surface area contributed by atoms with Crippen molar-refractivity contribution in [3.05, 3.63) is 53.1 Å². The van der Waals surface area contributed by atoms with Crippen molar-refractivity contribution in [2.45, 2.75) is 0 Å². The predicted molar refractivity (Wildman–Crippen MR) is 73.8 cm³/mol. The summed E-state index contributed by atoms with van der Waals surface area (Å²) < 4.78 is 5.67. The third-order valence-corrected chi connectivity index (χ3v) is 2.93. The molecule has 3 aromatic rings. The molecule has 0 fully saturated rings. The van der Waals surface area contributed by atoms with Gasteiger partial charge in [0, 0.05) is 10.6 Å². The number of aromatic nitrogens is 1. The highest BCUT2D eigenvalue weighted by atomic mass is 35.5. The minimum atomic E-state index is 0.510. The fourth-order valence-corrected chi connectivity index (χ4v) is 2.03. The molecule has 0 amide bonds. The molecule has 1 heterocycles. The van der Waals surface area contributed by atoms with Gasteiger partial charge >= 0.3 is 0 Å². The smallest absolute Gasteiger partial charge is 0.227 e. The molecule has 0 unspecified atom stereocenters. The summed E-state index contributed by atoms with van der Waals surface area (Å²) in [6.45, 7) is 0. The summed E-state index contributed by atoms with van der Waals surface area (Å²) in [6.07, 6.45) is 1.34. The van der Waals surface area contributed by atoms with Gasteiger partial charge in [0.15, 0.2) is 5.58 Å². The largest absolute Gasteiger partial charge is 0.436 e. The molecule has 0 spiro atoms. The van der Waals surface area contributed by atoms with Crippen LogP contribution in [0.3, 0.4) is 0 Å². The Morgan fingerprint density at radius 1 is 1.21 bits per heavy atom. The van der Waals surface area contributed by atoms with Crippen LogP contribution in [0.2, 0.25) is 5.02 Å². The van der Waals surface area contributed by atoms with Crippen LogP contribution < -0.4 is 0 Å². The van der Waals surface area contributed by atoms with Crippen LogP contribution in [0.5, 0.6) is 0 Å². The van der Waals surface area contributed by atoms with E-state index in [2.05, 4.69) is 10.1 Å². The van der Waals surface area contributed by atoms with Crippen molar-refractivity contribution < 1.29 is 9.62 Å². The first-order chi connectivity index (χ1) is 9.26. The van der Waals surface area contributed by atoms with Gasteiger partial charge in [0.1, 0.15) is 5.52 Å². The SMILES string of the molecule is O/N=C\c1ccc2oc(-c3cccc(Cl)c3)nc2c1. The molecule has 4 nitrogen and oxygen atoms in total. The molecule has 0 aliphatic heterocycles. The molecule has 1 N–H and O–H groups in total. The number of oxime groups is 1. The summed E-state index contributed by atoms with van der Waals surface area (Å²) in [5.41, 5.74) is 2.94. The molecule has 19 heavy (non-hydrogen) atoms. The van der Waals surface area contributed by atoms with Gasteiger partial charge in [-0.2, -0.15) is 0 Å². The zero-order valence-electron chi connectivity index (χ0n) is 9.75. The lowest BCUT2D eigenvalue weighted by molar-refractivity contribution is 0.322. The van der Waals surface area contributed by atoms with Crippen LogP contribution in [-0.2, 0) is 0 Å². The van der Waals surface area contributed by atoms with Gasteiger partial charge in [-0.05, 0) is 42.0 Å². The van der Waals surface area contributed by atoms with Gasteiger partial charge in [-0.3, -0.25) is 0 Å². The maximum atomic E-state index is 8.52. The third-order valence-electron chi connectivity index (χ3n) is 2.69. The van der Waals surface area contributed by atoms with E-state index in [9.17, 15) is 0 Å². The number of nitrogens with zero attached hydrogens (tertiary/aromatic N) is 2. The van der Waals surface area contributed by atoms with E-state index in [4.69, 9.17) is 21.2 Å². The van der Waals surface area contributed by atoms with Crippen molar-refractivity contribution >= 4 is 28.9 Å². The van der Waals surface area contributed by atoms with Crippen LogP contribution in [0, 0.1) is 0 Å². The Balaban J connectivity index is 2.11. The molecular weight excluding hydrogens is 264 g/mol. The Labute approximate surface area is 113 Å². The van der Waals surface area contributed by atoms with Crippen LogP contribution in [0.25, 0.3) is 22.6 Å². The maximum absolute atomic E-state index is 8.52. The van der Waals surface area contributed by atoms with E-state index in [1.807, 2.05) is 12.1 Å². The van der Waals surface area contributed by atoms with Crippen LogP contribution in [-0.4, -0.2) is 16.4 Å². The lowest BCUT2D eigenvalue weighted by Crippen LogP contribution is -1.80. The Morgan fingerprint density at radius 2 is 2.11 bits per heavy atom. The molecule has 0 aliphatic rings. The van der Waals surface area contributed by atoms with Crippen molar-refractivity contribution in [2.24, 2.45) is 5.16 Å². The predicted octanol–water partition coefficient (Wildman–Crippen LogP) is 3.96. The molecule has 0 saturated carbocycles. The second-order valence-electron chi connectivity index (χ2n) is 4.00. The second kappa shape index (κ2) is 4.74. The maximum Gasteiger partial charge on any atom is 0.227 e. The fraction of sp³-hybridized carbons (Fsp3) is 0. The standard InChI is InChI=1S/C14H9ClN2O2/c15-11-3-1-2-10(7-11)14-17-12-6-9(8-16-18)4-5-13(12)19-14/h1-8,18H/b16-8-. The van der Waals surface area contributed by atoms with E-state index in [-0.39, 0.29) is 0 Å². The monoisotopic (exact) mass is 272 g/mol. The average Bonchev–Trinajstić information content (AvgIpc) is 2.82. The summed E-state index contributed by atoms with van der Waals surface area (Å²) >= 11 is 5.95. The Kier molecular flexibility index (Phi) is 2.93. The van der Waals surface area contributed by atoms with E-state index in [1.165, 1.54) is 6.21 Å². The molecule has 5 heteroatoms. The first-order valence-corrected chi connectivity index (χ1v) is 5.98. The minimum Gasteiger partial charge on any atom is -0.436 e. The molecule has 3 rings (SSSR count). The number of hydrogen-bond donors (Lipinski definition) is 1. The van der Waals surface area contributed by atoms with Gasteiger partial charge in [0.2, 0.25) is 5.89 Å².